The molecule has 17 heavy (non-hydrogen) atoms. The third-order valence-electron chi connectivity index (χ3n) is 3.36. The van der Waals surface area contributed by atoms with E-state index in [2.05, 4.69) is 22.2 Å². The average molecular weight is 235 g/mol. The quantitative estimate of drug-likeness (QED) is 0.838. The first-order valence-electron chi connectivity index (χ1n) is 6.60. The van der Waals surface area contributed by atoms with Crippen molar-refractivity contribution in [3.8, 4) is 0 Å². The fourth-order valence-corrected chi connectivity index (χ4v) is 2.44. The van der Waals surface area contributed by atoms with Crippen LogP contribution in [0, 0.1) is 0 Å². The molecule has 1 aliphatic rings. The minimum absolute atomic E-state index is 0.0199. The molecule has 2 N–H and O–H groups in total. The number of H-pyrrole nitrogens is 1. The minimum atomic E-state index is -0.0199. The van der Waals surface area contributed by atoms with Crippen LogP contribution in [0.1, 0.15) is 56.5 Å². The highest BCUT2D eigenvalue weighted by atomic mass is 16.1. The first-order valence-corrected chi connectivity index (χ1v) is 6.60. The minimum Gasteiger partial charge on any atom is -0.311 e. The maximum Gasteiger partial charge on any atom is 0.251 e. The first-order chi connectivity index (χ1) is 8.29. The number of hydrogen-bond acceptors (Lipinski definition) is 3. The van der Waals surface area contributed by atoms with E-state index in [1.807, 2.05) is 0 Å². The van der Waals surface area contributed by atoms with Gasteiger partial charge in [-0.2, -0.15) is 0 Å². The highest BCUT2D eigenvalue weighted by molar-refractivity contribution is 5.06. The Morgan fingerprint density at radius 1 is 1.41 bits per heavy atom. The maximum absolute atomic E-state index is 11.6. The Kier molecular flexibility index (Phi) is 4.31. The van der Waals surface area contributed by atoms with Crippen molar-refractivity contribution in [2.24, 2.45) is 0 Å². The van der Waals surface area contributed by atoms with Crippen LogP contribution in [0.15, 0.2) is 10.9 Å². The van der Waals surface area contributed by atoms with Crippen LogP contribution < -0.4 is 10.9 Å². The van der Waals surface area contributed by atoms with E-state index in [0.717, 1.165) is 30.9 Å². The summed E-state index contributed by atoms with van der Waals surface area (Å²) in [6.45, 7) is 3.63. The molecule has 0 amide bonds. The predicted octanol–water partition coefficient (Wildman–Crippen LogP) is 1.93. The lowest BCUT2D eigenvalue weighted by Gasteiger charge is -2.20. The summed E-state index contributed by atoms with van der Waals surface area (Å²) in [5.41, 5.74) is 0.838. The average Bonchev–Trinajstić information content (AvgIpc) is 2.37. The molecule has 0 atom stereocenters. The largest absolute Gasteiger partial charge is 0.311 e. The first kappa shape index (κ1) is 12.3. The molecule has 1 saturated carbocycles. The Labute approximate surface area is 102 Å². The topological polar surface area (TPSA) is 57.8 Å². The summed E-state index contributed by atoms with van der Waals surface area (Å²) < 4.78 is 0. The van der Waals surface area contributed by atoms with E-state index in [-0.39, 0.29) is 5.56 Å². The second-order valence-electron chi connectivity index (χ2n) is 4.74. The molecular weight excluding hydrogens is 214 g/mol. The van der Waals surface area contributed by atoms with Crippen LogP contribution in [0.25, 0.3) is 0 Å². The van der Waals surface area contributed by atoms with Gasteiger partial charge in [-0.05, 0) is 19.4 Å². The predicted molar refractivity (Wildman–Crippen MR) is 68.1 cm³/mol. The SMILES string of the molecule is CCNCc1cc(=O)[nH]c(C2CCCCC2)n1. The molecule has 0 unspecified atom stereocenters. The van der Waals surface area contributed by atoms with Crippen LogP contribution in [-0.4, -0.2) is 16.5 Å². The van der Waals surface area contributed by atoms with Crippen LogP contribution in [0.4, 0.5) is 0 Å². The molecule has 1 fully saturated rings. The fourth-order valence-electron chi connectivity index (χ4n) is 2.44. The van der Waals surface area contributed by atoms with Crippen molar-refractivity contribution >= 4 is 0 Å². The number of rotatable bonds is 4. The molecule has 0 aliphatic heterocycles. The monoisotopic (exact) mass is 235 g/mol. The van der Waals surface area contributed by atoms with Gasteiger partial charge >= 0.3 is 0 Å². The zero-order chi connectivity index (χ0) is 12.1. The summed E-state index contributed by atoms with van der Waals surface area (Å²) in [6, 6.07) is 1.59. The van der Waals surface area contributed by atoms with E-state index in [1.54, 1.807) is 6.07 Å². The lowest BCUT2D eigenvalue weighted by atomic mass is 9.88. The van der Waals surface area contributed by atoms with Crippen molar-refractivity contribution in [2.45, 2.75) is 51.5 Å². The van der Waals surface area contributed by atoms with Gasteiger partial charge in [0.15, 0.2) is 0 Å². The highest BCUT2D eigenvalue weighted by Crippen LogP contribution is 2.29. The van der Waals surface area contributed by atoms with Crippen LogP contribution >= 0.6 is 0 Å². The van der Waals surface area contributed by atoms with Crippen LogP contribution in [0.3, 0.4) is 0 Å². The molecule has 1 aromatic heterocycles. The summed E-state index contributed by atoms with van der Waals surface area (Å²) in [7, 11) is 0. The molecule has 0 aromatic carbocycles. The van der Waals surface area contributed by atoms with Gasteiger partial charge in [0.2, 0.25) is 0 Å². The normalized spacial score (nSPS) is 17.2. The van der Waals surface area contributed by atoms with Crippen molar-refractivity contribution in [1.29, 1.82) is 0 Å². The van der Waals surface area contributed by atoms with Gasteiger partial charge in [-0.25, -0.2) is 4.98 Å². The Morgan fingerprint density at radius 2 is 2.18 bits per heavy atom. The number of nitrogens with one attached hydrogen (secondary N) is 2. The number of nitrogens with zero attached hydrogens (tertiary/aromatic N) is 1. The van der Waals surface area contributed by atoms with Crippen molar-refractivity contribution in [3.05, 3.63) is 27.9 Å². The smallest absolute Gasteiger partial charge is 0.251 e. The highest BCUT2D eigenvalue weighted by Gasteiger charge is 2.18. The van der Waals surface area contributed by atoms with Crippen LogP contribution in [-0.2, 0) is 6.54 Å². The number of aromatic nitrogens is 2. The lowest BCUT2D eigenvalue weighted by molar-refractivity contribution is 0.426. The van der Waals surface area contributed by atoms with E-state index in [0.29, 0.717) is 12.5 Å². The summed E-state index contributed by atoms with van der Waals surface area (Å²) >= 11 is 0. The third kappa shape index (κ3) is 3.40. The summed E-state index contributed by atoms with van der Waals surface area (Å²) in [5.74, 6) is 1.35. The van der Waals surface area contributed by atoms with Gasteiger partial charge in [-0.3, -0.25) is 4.79 Å². The third-order valence-corrected chi connectivity index (χ3v) is 3.36. The Balaban J connectivity index is 2.15. The Hall–Kier alpha value is -1.16. The second kappa shape index (κ2) is 5.96. The molecule has 0 bridgehead atoms. The molecule has 1 heterocycles. The summed E-state index contributed by atoms with van der Waals surface area (Å²) in [4.78, 5) is 19.1. The molecule has 1 aliphatic carbocycles. The van der Waals surface area contributed by atoms with Crippen molar-refractivity contribution < 1.29 is 0 Å². The molecular formula is C13H21N3O. The van der Waals surface area contributed by atoms with E-state index < -0.39 is 0 Å². The van der Waals surface area contributed by atoms with E-state index in [1.165, 1.54) is 19.3 Å². The lowest BCUT2D eigenvalue weighted by Crippen LogP contribution is -2.20. The van der Waals surface area contributed by atoms with Crippen LogP contribution in [0.5, 0.6) is 0 Å². The van der Waals surface area contributed by atoms with Gasteiger partial charge in [0, 0.05) is 18.5 Å². The van der Waals surface area contributed by atoms with Crippen LogP contribution in [0.2, 0.25) is 0 Å². The van der Waals surface area contributed by atoms with Gasteiger partial charge in [-0.1, -0.05) is 26.2 Å². The molecule has 94 valence electrons. The molecule has 0 spiro atoms. The molecule has 1 aromatic rings. The van der Waals surface area contributed by atoms with Gasteiger partial charge in [-0.15, -0.1) is 0 Å². The molecule has 4 nitrogen and oxygen atoms in total. The summed E-state index contributed by atoms with van der Waals surface area (Å²) in [6.07, 6.45) is 6.15. The number of hydrogen-bond donors (Lipinski definition) is 2. The summed E-state index contributed by atoms with van der Waals surface area (Å²) in [5, 5.41) is 3.21. The van der Waals surface area contributed by atoms with E-state index >= 15 is 0 Å². The Morgan fingerprint density at radius 3 is 2.88 bits per heavy atom. The fraction of sp³-hybridized carbons (Fsp3) is 0.692. The second-order valence-corrected chi connectivity index (χ2v) is 4.74. The van der Waals surface area contributed by atoms with Crippen molar-refractivity contribution in [3.63, 3.8) is 0 Å². The maximum atomic E-state index is 11.6. The van der Waals surface area contributed by atoms with E-state index in [9.17, 15) is 4.79 Å². The zero-order valence-electron chi connectivity index (χ0n) is 10.5. The van der Waals surface area contributed by atoms with Crippen molar-refractivity contribution in [2.75, 3.05) is 6.54 Å². The molecule has 0 saturated heterocycles. The molecule has 0 radical (unpaired) electrons. The van der Waals surface area contributed by atoms with Gasteiger partial charge < -0.3 is 10.3 Å². The van der Waals surface area contributed by atoms with Gasteiger partial charge in [0.25, 0.3) is 5.56 Å². The Bertz CT molecular complexity index is 407. The number of aromatic amines is 1. The molecule has 4 heteroatoms. The van der Waals surface area contributed by atoms with Crippen molar-refractivity contribution in [1.82, 2.24) is 15.3 Å². The zero-order valence-corrected chi connectivity index (χ0v) is 10.5. The van der Waals surface area contributed by atoms with E-state index in [4.69, 9.17) is 0 Å². The molecule has 2 rings (SSSR count). The van der Waals surface area contributed by atoms with Gasteiger partial charge in [0.05, 0.1) is 5.69 Å². The standard InChI is InChI=1S/C13H21N3O/c1-2-14-9-11-8-12(17)16-13(15-11)10-6-4-3-5-7-10/h8,10,14H,2-7,9H2,1H3,(H,15,16,17). The van der Waals surface area contributed by atoms with Gasteiger partial charge in [0.1, 0.15) is 5.82 Å².